The lowest BCUT2D eigenvalue weighted by atomic mass is 9.97. The number of carbonyl (C=O) groups is 1. The van der Waals surface area contributed by atoms with Crippen molar-refractivity contribution in [1.82, 2.24) is 9.55 Å². The average molecular weight is 442 g/mol. The lowest BCUT2D eigenvalue weighted by Crippen LogP contribution is -2.23. The Morgan fingerprint density at radius 3 is 2.55 bits per heavy atom. The first-order chi connectivity index (χ1) is 14.6. The van der Waals surface area contributed by atoms with E-state index in [1.807, 2.05) is 37.6 Å². The quantitative estimate of drug-likeness (QED) is 0.606. The molecule has 0 unspecified atom stereocenters. The molecule has 162 valence electrons. The van der Waals surface area contributed by atoms with Gasteiger partial charge in [0.1, 0.15) is 11.4 Å². The Morgan fingerprint density at radius 1 is 1.26 bits per heavy atom. The van der Waals surface area contributed by atoms with E-state index >= 15 is 0 Å². The van der Waals surface area contributed by atoms with Crippen LogP contribution in [-0.4, -0.2) is 37.2 Å². The first kappa shape index (κ1) is 21.0. The maximum Gasteiger partial charge on any atom is 0.359 e. The van der Waals surface area contributed by atoms with Gasteiger partial charge in [-0.2, -0.15) is 8.42 Å². The third kappa shape index (κ3) is 3.93. The molecule has 0 saturated heterocycles. The van der Waals surface area contributed by atoms with Crippen molar-refractivity contribution in [2.75, 3.05) is 18.6 Å². The zero-order valence-corrected chi connectivity index (χ0v) is 18.5. The fraction of sp³-hybridized carbons (Fsp3) is 0.318. The Morgan fingerprint density at radius 2 is 1.97 bits per heavy atom. The van der Waals surface area contributed by atoms with Crippen molar-refractivity contribution in [1.29, 1.82) is 0 Å². The van der Waals surface area contributed by atoms with Crippen molar-refractivity contribution in [2.45, 2.75) is 32.7 Å². The van der Waals surface area contributed by atoms with Crippen LogP contribution in [0.3, 0.4) is 0 Å². The van der Waals surface area contributed by atoms with E-state index < -0.39 is 21.5 Å². The average Bonchev–Trinajstić information content (AvgIpc) is 3.52. The molecule has 1 aliphatic rings. The van der Waals surface area contributed by atoms with Crippen molar-refractivity contribution >= 4 is 32.8 Å². The summed E-state index contributed by atoms with van der Waals surface area (Å²) in [6.45, 7) is 3.91. The van der Waals surface area contributed by atoms with Gasteiger partial charge in [0, 0.05) is 36.4 Å². The van der Waals surface area contributed by atoms with Crippen LogP contribution in [0.4, 0.5) is 5.82 Å². The van der Waals surface area contributed by atoms with Crippen LogP contribution in [0.2, 0.25) is 0 Å². The summed E-state index contributed by atoms with van der Waals surface area (Å²) in [4.78, 5) is 29.9. The van der Waals surface area contributed by atoms with Crippen LogP contribution in [-0.2, 0) is 14.3 Å². The van der Waals surface area contributed by atoms with Gasteiger partial charge in [0.25, 0.3) is 0 Å². The third-order valence-corrected chi connectivity index (χ3v) is 5.91. The fourth-order valence-electron chi connectivity index (χ4n) is 3.89. The van der Waals surface area contributed by atoms with Crippen LogP contribution >= 0.6 is 0 Å². The number of hydrogen-bond acceptors (Lipinski definition) is 7. The van der Waals surface area contributed by atoms with E-state index in [2.05, 4.69) is 14.5 Å². The van der Waals surface area contributed by atoms with Crippen molar-refractivity contribution in [2.24, 2.45) is 0 Å². The number of aryl methyl sites for hydroxylation is 2. The molecule has 1 N–H and O–H groups in total. The normalized spacial score (nSPS) is 13.9. The number of nitrogens with zero attached hydrogens (tertiary/aromatic N) is 2. The van der Waals surface area contributed by atoms with Crippen molar-refractivity contribution in [3.63, 3.8) is 0 Å². The summed E-state index contributed by atoms with van der Waals surface area (Å²) in [6.07, 6.45) is 5.82. The lowest BCUT2D eigenvalue weighted by Gasteiger charge is -2.17. The molecule has 2 aromatic heterocycles. The molecule has 0 radical (unpaired) electrons. The van der Waals surface area contributed by atoms with Gasteiger partial charge in [0.05, 0.1) is 11.8 Å². The minimum absolute atomic E-state index is 0.147. The second kappa shape index (κ2) is 7.49. The van der Waals surface area contributed by atoms with Gasteiger partial charge in [-0.25, -0.2) is 9.78 Å². The van der Waals surface area contributed by atoms with Gasteiger partial charge in [0.15, 0.2) is 0 Å². The van der Waals surface area contributed by atoms with E-state index in [9.17, 15) is 18.0 Å². The Kier molecular flexibility index (Phi) is 5.09. The summed E-state index contributed by atoms with van der Waals surface area (Å²) in [5.74, 6) is -0.362. The van der Waals surface area contributed by atoms with E-state index in [1.165, 1.54) is 6.20 Å². The molecule has 3 aromatic rings. The van der Waals surface area contributed by atoms with E-state index in [-0.39, 0.29) is 11.6 Å². The molecular formula is C22H23N3O5S. The molecule has 0 amide bonds. The summed E-state index contributed by atoms with van der Waals surface area (Å²) >= 11 is 0. The monoisotopic (exact) mass is 441 g/mol. The maximum atomic E-state index is 13.1. The highest BCUT2D eigenvalue weighted by atomic mass is 32.2. The van der Waals surface area contributed by atoms with Crippen LogP contribution in [0.25, 0.3) is 22.0 Å². The molecule has 2 heterocycles. The number of hydrogen-bond donors (Lipinski definition) is 1. The minimum atomic E-state index is -4.03. The van der Waals surface area contributed by atoms with Crippen LogP contribution < -0.4 is 10.7 Å². The summed E-state index contributed by atoms with van der Waals surface area (Å²) in [7, 11) is -2.21. The number of fused-ring (bicyclic) bond motifs is 1. The van der Waals surface area contributed by atoms with E-state index in [0.717, 1.165) is 52.7 Å². The first-order valence-corrected chi connectivity index (χ1v) is 11.7. The highest BCUT2D eigenvalue weighted by Gasteiger charge is 2.29. The number of anilines is 1. The standard InChI is InChI=1S/C22H23N3O5S/c1-12-9-14(10-24-21(12)23-3)16-7-8-17-19(13(16)2)25(15-5-6-15)11-18(20(17)26)22(27)30-31(4,28)29/h7-11,15H,5-6H2,1-4H3,(H,23,24). The Balaban J connectivity index is 1.94. The molecule has 1 saturated carbocycles. The second-order valence-corrected chi connectivity index (χ2v) is 9.43. The van der Waals surface area contributed by atoms with Crippen LogP contribution in [0.1, 0.15) is 40.4 Å². The van der Waals surface area contributed by atoms with Crippen LogP contribution in [0, 0.1) is 13.8 Å². The minimum Gasteiger partial charge on any atom is -0.373 e. The molecule has 0 bridgehead atoms. The van der Waals surface area contributed by atoms with E-state index in [1.54, 1.807) is 12.3 Å². The Bertz CT molecular complexity index is 1390. The first-order valence-electron chi connectivity index (χ1n) is 9.87. The SMILES string of the molecule is CNc1ncc(-c2ccc3c(=O)c(C(=O)OS(C)(=O)=O)cn(C4CC4)c3c2C)cc1C. The highest BCUT2D eigenvalue weighted by Crippen LogP contribution is 2.39. The molecule has 0 aliphatic heterocycles. The molecule has 0 spiro atoms. The summed E-state index contributed by atoms with van der Waals surface area (Å²) in [5.41, 5.74) is 3.65. The van der Waals surface area contributed by atoms with Gasteiger partial charge >= 0.3 is 16.1 Å². The lowest BCUT2D eigenvalue weighted by molar-refractivity contribution is 0.0746. The molecule has 9 heteroatoms. The van der Waals surface area contributed by atoms with Gasteiger partial charge in [-0.3, -0.25) is 4.79 Å². The highest BCUT2D eigenvalue weighted by molar-refractivity contribution is 7.86. The predicted octanol–water partition coefficient (Wildman–Crippen LogP) is 3.17. The van der Waals surface area contributed by atoms with E-state index in [0.29, 0.717) is 5.39 Å². The number of benzene rings is 1. The Labute approximate surface area is 180 Å². The molecule has 4 rings (SSSR count). The van der Waals surface area contributed by atoms with Crippen molar-refractivity contribution in [3.05, 3.63) is 57.5 Å². The van der Waals surface area contributed by atoms with Gasteiger partial charge in [-0.1, -0.05) is 6.07 Å². The molecule has 8 nitrogen and oxygen atoms in total. The molecule has 1 aromatic carbocycles. The van der Waals surface area contributed by atoms with Crippen molar-refractivity contribution < 1.29 is 17.4 Å². The number of pyridine rings is 2. The second-order valence-electron chi connectivity index (χ2n) is 7.86. The zero-order chi connectivity index (χ0) is 22.5. The van der Waals surface area contributed by atoms with Gasteiger partial charge in [-0.15, -0.1) is 0 Å². The maximum absolute atomic E-state index is 13.1. The van der Waals surface area contributed by atoms with Crippen molar-refractivity contribution in [3.8, 4) is 11.1 Å². The third-order valence-electron chi connectivity index (χ3n) is 5.46. The number of carbonyl (C=O) groups excluding carboxylic acids is 1. The fourth-order valence-corrected chi connectivity index (χ4v) is 4.25. The van der Waals surface area contributed by atoms with Crippen LogP contribution in [0.15, 0.2) is 35.4 Å². The van der Waals surface area contributed by atoms with Gasteiger partial charge in [-0.05, 0) is 55.5 Å². The Hall–Kier alpha value is -3.20. The zero-order valence-electron chi connectivity index (χ0n) is 17.7. The summed E-state index contributed by atoms with van der Waals surface area (Å²) < 4.78 is 29.1. The smallest absolute Gasteiger partial charge is 0.359 e. The molecule has 31 heavy (non-hydrogen) atoms. The number of nitrogens with one attached hydrogen (secondary N) is 1. The van der Waals surface area contributed by atoms with Crippen LogP contribution in [0.5, 0.6) is 0 Å². The van der Waals surface area contributed by atoms with Gasteiger partial charge < -0.3 is 14.1 Å². The summed E-state index contributed by atoms with van der Waals surface area (Å²) in [6, 6.07) is 5.69. The molecular weight excluding hydrogens is 418 g/mol. The topological polar surface area (TPSA) is 107 Å². The molecule has 0 atom stereocenters. The number of aromatic nitrogens is 2. The number of rotatable bonds is 5. The van der Waals surface area contributed by atoms with E-state index in [4.69, 9.17) is 0 Å². The summed E-state index contributed by atoms with van der Waals surface area (Å²) in [5, 5.41) is 3.40. The molecule has 1 fully saturated rings. The predicted molar refractivity (Wildman–Crippen MR) is 119 cm³/mol. The molecule has 1 aliphatic carbocycles. The largest absolute Gasteiger partial charge is 0.373 e. The van der Waals surface area contributed by atoms with Gasteiger partial charge in [0.2, 0.25) is 5.43 Å².